The van der Waals surface area contributed by atoms with E-state index in [4.69, 9.17) is 11.6 Å². The summed E-state index contributed by atoms with van der Waals surface area (Å²) < 4.78 is 4.60. The first-order valence-corrected chi connectivity index (χ1v) is 5.93. The van der Waals surface area contributed by atoms with Crippen molar-refractivity contribution < 1.29 is 14.3 Å². The van der Waals surface area contributed by atoms with E-state index in [0.717, 1.165) is 12.8 Å². The molecule has 0 atom stereocenters. The summed E-state index contributed by atoms with van der Waals surface area (Å²) in [5.74, 6) is -0.536. The second kappa shape index (κ2) is 5.27. The zero-order chi connectivity index (χ0) is 13.1. The number of methoxy groups -OCH3 is 1. The van der Waals surface area contributed by atoms with Crippen molar-refractivity contribution in [1.82, 2.24) is 5.32 Å². The van der Waals surface area contributed by atoms with E-state index >= 15 is 0 Å². The molecule has 0 spiro atoms. The van der Waals surface area contributed by atoms with Crippen LogP contribution in [-0.2, 0) is 4.74 Å². The lowest BCUT2D eigenvalue weighted by Gasteiger charge is -2.08. The molecule has 5 nitrogen and oxygen atoms in total. The number of hydrogen-bond acceptors (Lipinski definition) is 3. The fraction of sp³-hybridized carbons (Fsp3) is 0.333. The first-order chi connectivity index (χ1) is 8.60. The number of carbonyl (C=O) groups excluding carboxylic acids is 2. The Hall–Kier alpha value is -1.75. The summed E-state index contributed by atoms with van der Waals surface area (Å²) >= 11 is 5.87. The molecular formula is C12H13ClN2O3. The van der Waals surface area contributed by atoms with E-state index in [1.54, 1.807) is 12.1 Å². The van der Waals surface area contributed by atoms with E-state index in [9.17, 15) is 9.59 Å². The molecule has 1 saturated carbocycles. The molecule has 0 aromatic heterocycles. The van der Waals surface area contributed by atoms with Gasteiger partial charge in [-0.15, -0.1) is 0 Å². The Morgan fingerprint density at radius 1 is 1.39 bits per heavy atom. The van der Waals surface area contributed by atoms with E-state index in [1.807, 2.05) is 0 Å². The molecule has 0 aliphatic heterocycles. The Morgan fingerprint density at radius 2 is 2.11 bits per heavy atom. The molecule has 0 unspecified atom stereocenters. The summed E-state index contributed by atoms with van der Waals surface area (Å²) in [5, 5.41) is 5.71. The van der Waals surface area contributed by atoms with Crippen LogP contribution in [0.4, 0.5) is 10.5 Å². The molecular weight excluding hydrogens is 256 g/mol. The van der Waals surface area contributed by atoms with Gasteiger partial charge in [0.1, 0.15) is 0 Å². The van der Waals surface area contributed by atoms with Crippen molar-refractivity contribution in [3.63, 3.8) is 0 Å². The second-order valence-corrected chi connectivity index (χ2v) is 4.47. The number of ether oxygens (including phenoxy) is 1. The number of anilines is 1. The maximum absolute atomic E-state index is 11.5. The first kappa shape index (κ1) is 12.7. The Morgan fingerprint density at radius 3 is 2.72 bits per heavy atom. The molecule has 2 rings (SSSR count). The maximum atomic E-state index is 11.5. The number of rotatable bonds is 3. The average Bonchev–Trinajstić information content (AvgIpc) is 3.14. The highest BCUT2D eigenvalue weighted by molar-refractivity contribution is 6.33. The van der Waals surface area contributed by atoms with Crippen molar-refractivity contribution in [2.45, 2.75) is 18.9 Å². The van der Waals surface area contributed by atoms with Crippen LogP contribution in [0.1, 0.15) is 23.2 Å². The van der Waals surface area contributed by atoms with Crippen LogP contribution in [0.25, 0.3) is 0 Å². The molecule has 2 N–H and O–H groups in total. The molecule has 1 aromatic rings. The summed E-state index contributed by atoms with van der Waals surface area (Å²) in [6.45, 7) is 0. The van der Waals surface area contributed by atoms with Gasteiger partial charge in [-0.2, -0.15) is 0 Å². The number of hydrogen-bond donors (Lipinski definition) is 2. The van der Waals surface area contributed by atoms with Crippen LogP contribution in [0.3, 0.4) is 0 Å². The van der Waals surface area contributed by atoms with Gasteiger partial charge < -0.3 is 15.4 Å². The normalized spacial score (nSPS) is 13.9. The van der Waals surface area contributed by atoms with E-state index < -0.39 is 5.97 Å². The van der Waals surface area contributed by atoms with Gasteiger partial charge in [-0.05, 0) is 31.0 Å². The molecule has 6 heteroatoms. The van der Waals surface area contributed by atoms with Crippen molar-refractivity contribution in [1.29, 1.82) is 0 Å². The zero-order valence-electron chi connectivity index (χ0n) is 9.83. The first-order valence-electron chi connectivity index (χ1n) is 5.55. The number of esters is 1. The summed E-state index contributed by atoms with van der Waals surface area (Å²) in [6, 6.07) is 4.65. The minimum atomic E-state index is -0.536. The third-order valence-electron chi connectivity index (χ3n) is 2.54. The van der Waals surface area contributed by atoms with Crippen molar-refractivity contribution in [3.8, 4) is 0 Å². The molecule has 1 aromatic carbocycles. The average molecular weight is 269 g/mol. The largest absolute Gasteiger partial charge is 0.465 e. The fourth-order valence-corrected chi connectivity index (χ4v) is 1.64. The molecule has 0 bridgehead atoms. The van der Waals surface area contributed by atoms with Crippen LogP contribution in [0, 0.1) is 0 Å². The third kappa shape index (κ3) is 3.13. The minimum Gasteiger partial charge on any atom is -0.465 e. The predicted octanol–water partition coefficient (Wildman–Crippen LogP) is 2.41. The van der Waals surface area contributed by atoms with Crippen LogP contribution >= 0.6 is 11.6 Å². The fourth-order valence-electron chi connectivity index (χ4n) is 1.45. The van der Waals surface area contributed by atoms with Gasteiger partial charge in [0.2, 0.25) is 0 Å². The van der Waals surface area contributed by atoms with Gasteiger partial charge in [0.15, 0.2) is 0 Å². The molecule has 18 heavy (non-hydrogen) atoms. The highest BCUT2D eigenvalue weighted by Gasteiger charge is 2.23. The Labute approximate surface area is 109 Å². The van der Waals surface area contributed by atoms with Gasteiger partial charge in [0.25, 0.3) is 0 Å². The quantitative estimate of drug-likeness (QED) is 0.827. The van der Waals surface area contributed by atoms with Crippen LogP contribution in [-0.4, -0.2) is 25.2 Å². The van der Waals surface area contributed by atoms with Crippen molar-refractivity contribution in [2.75, 3.05) is 12.4 Å². The minimum absolute atomic E-state index is 0.225. The Bertz CT molecular complexity index is 486. The van der Waals surface area contributed by atoms with Crippen molar-refractivity contribution >= 4 is 29.3 Å². The number of carbonyl (C=O) groups is 2. The predicted molar refractivity (Wildman–Crippen MR) is 68.0 cm³/mol. The Balaban J connectivity index is 2.08. The zero-order valence-corrected chi connectivity index (χ0v) is 10.6. The highest BCUT2D eigenvalue weighted by Crippen LogP contribution is 2.22. The van der Waals surface area contributed by atoms with E-state index in [2.05, 4.69) is 15.4 Å². The number of nitrogens with one attached hydrogen (secondary N) is 2. The smallest absolute Gasteiger partial charge is 0.339 e. The molecule has 1 aliphatic carbocycles. The lowest BCUT2D eigenvalue weighted by Crippen LogP contribution is -2.30. The van der Waals surface area contributed by atoms with E-state index in [1.165, 1.54) is 13.2 Å². The molecule has 1 fully saturated rings. The maximum Gasteiger partial charge on any atom is 0.339 e. The van der Waals surface area contributed by atoms with Crippen LogP contribution < -0.4 is 10.6 Å². The highest BCUT2D eigenvalue weighted by atomic mass is 35.5. The lowest BCUT2D eigenvalue weighted by molar-refractivity contribution is 0.0601. The van der Waals surface area contributed by atoms with Gasteiger partial charge >= 0.3 is 12.0 Å². The Kier molecular flexibility index (Phi) is 3.72. The summed E-state index contributed by atoms with van der Waals surface area (Å²) in [7, 11) is 1.28. The van der Waals surface area contributed by atoms with Crippen LogP contribution in [0.5, 0.6) is 0 Å². The molecule has 0 heterocycles. The molecule has 0 saturated heterocycles. The lowest BCUT2D eigenvalue weighted by atomic mass is 10.2. The third-order valence-corrected chi connectivity index (χ3v) is 2.87. The molecule has 96 valence electrons. The number of urea groups is 1. The standard InChI is InChI=1S/C12H13ClN2O3/c1-18-11(16)9-6-8(4-5-10(9)13)15-12(17)14-7-2-3-7/h4-7H,2-3H2,1H3,(H2,14,15,17). The van der Waals surface area contributed by atoms with E-state index in [-0.39, 0.29) is 22.7 Å². The summed E-state index contributed by atoms with van der Waals surface area (Å²) in [6.07, 6.45) is 2.03. The molecule has 0 radical (unpaired) electrons. The van der Waals surface area contributed by atoms with Crippen molar-refractivity contribution in [3.05, 3.63) is 28.8 Å². The number of benzene rings is 1. The van der Waals surface area contributed by atoms with Gasteiger partial charge in [0, 0.05) is 11.7 Å². The van der Waals surface area contributed by atoms with Gasteiger partial charge in [-0.3, -0.25) is 0 Å². The van der Waals surface area contributed by atoms with E-state index in [0.29, 0.717) is 5.69 Å². The number of halogens is 1. The van der Waals surface area contributed by atoms with Gasteiger partial charge in [0.05, 0.1) is 17.7 Å². The van der Waals surface area contributed by atoms with Gasteiger partial charge in [-0.25, -0.2) is 9.59 Å². The van der Waals surface area contributed by atoms with Crippen LogP contribution in [0.15, 0.2) is 18.2 Å². The molecule has 1 aliphatic rings. The topological polar surface area (TPSA) is 67.4 Å². The monoisotopic (exact) mass is 268 g/mol. The molecule has 2 amide bonds. The summed E-state index contributed by atoms with van der Waals surface area (Å²) in [4.78, 5) is 23.0. The number of amides is 2. The van der Waals surface area contributed by atoms with Crippen molar-refractivity contribution in [2.24, 2.45) is 0 Å². The SMILES string of the molecule is COC(=O)c1cc(NC(=O)NC2CC2)ccc1Cl. The van der Waals surface area contributed by atoms with Gasteiger partial charge in [-0.1, -0.05) is 11.6 Å². The second-order valence-electron chi connectivity index (χ2n) is 4.06. The summed E-state index contributed by atoms with van der Waals surface area (Å²) in [5.41, 5.74) is 0.723. The van der Waals surface area contributed by atoms with Crippen LogP contribution in [0.2, 0.25) is 5.02 Å².